The molecule has 1 aliphatic heterocycles. The van der Waals surface area contributed by atoms with E-state index < -0.39 is 5.97 Å². The van der Waals surface area contributed by atoms with E-state index in [0.717, 1.165) is 16.7 Å². The van der Waals surface area contributed by atoms with Crippen LogP contribution in [0.3, 0.4) is 0 Å². The molecule has 1 aliphatic carbocycles. The van der Waals surface area contributed by atoms with Crippen molar-refractivity contribution in [3.8, 4) is 11.1 Å². The van der Waals surface area contributed by atoms with Gasteiger partial charge in [0.05, 0.1) is 24.5 Å². The summed E-state index contributed by atoms with van der Waals surface area (Å²) >= 11 is 0. The van der Waals surface area contributed by atoms with Crippen LogP contribution in [0, 0.1) is 0 Å². The summed E-state index contributed by atoms with van der Waals surface area (Å²) in [5.41, 5.74) is 3.75. The number of carboxylic acid groups (broad SMARTS) is 1. The van der Waals surface area contributed by atoms with Gasteiger partial charge in [-0.3, -0.25) is 4.68 Å². The minimum absolute atomic E-state index is 0.121. The number of carbonyl (C=O) groups is 1. The number of aromatic nitrogens is 2. The van der Waals surface area contributed by atoms with E-state index in [1.54, 1.807) is 6.20 Å². The van der Waals surface area contributed by atoms with Crippen molar-refractivity contribution in [1.82, 2.24) is 15.1 Å². The van der Waals surface area contributed by atoms with E-state index in [2.05, 4.69) is 21.6 Å². The zero-order valence-electron chi connectivity index (χ0n) is 13.1. The van der Waals surface area contributed by atoms with Gasteiger partial charge in [0.1, 0.15) is 5.71 Å². The number of benzene rings is 1. The van der Waals surface area contributed by atoms with Gasteiger partial charge in [-0.2, -0.15) is 5.10 Å². The van der Waals surface area contributed by atoms with Crippen LogP contribution in [-0.2, 0) is 4.79 Å². The standard InChI is InChI=1S/C18H18N4O2/c23-18(24)17-10-19-9-16(21-17)13-4-1-3-12(7-13)14-8-20-22(11-14)15-5-2-6-15/h1,3-4,7-9,11,15,19H,2,5-6,10H2,(H,23,24). The number of nitrogens with zero attached hydrogens (tertiary/aromatic N) is 3. The summed E-state index contributed by atoms with van der Waals surface area (Å²) in [7, 11) is 0. The Labute approximate surface area is 139 Å². The monoisotopic (exact) mass is 322 g/mol. The number of aliphatic imine (C=N–C) groups is 1. The summed E-state index contributed by atoms with van der Waals surface area (Å²) in [6.45, 7) is 0.243. The Morgan fingerprint density at radius 1 is 1.25 bits per heavy atom. The SMILES string of the molecule is O=C(O)C1=NC(c2cccc(-c3cnn(C4CCC4)c3)c2)=CNC1. The molecule has 0 amide bonds. The second-order valence-electron chi connectivity index (χ2n) is 6.15. The Bertz CT molecular complexity index is 846. The van der Waals surface area contributed by atoms with E-state index in [1.807, 2.05) is 35.1 Å². The number of rotatable bonds is 4. The Morgan fingerprint density at radius 2 is 2.08 bits per heavy atom. The lowest BCUT2D eigenvalue weighted by atomic mass is 9.93. The van der Waals surface area contributed by atoms with Crippen molar-refractivity contribution in [2.24, 2.45) is 4.99 Å². The summed E-state index contributed by atoms with van der Waals surface area (Å²) in [6, 6.07) is 8.47. The van der Waals surface area contributed by atoms with Crippen LogP contribution >= 0.6 is 0 Å². The van der Waals surface area contributed by atoms with Gasteiger partial charge < -0.3 is 10.4 Å². The second kappa shape index (κ2) is 5.96. The molecule has 2 N–H and O–H groups in total. The molecule has 6 nitrogen and oxygen atoms in total. The van der Waals surface area contributed by atoms with Crippen LogP contribution in [0.1, 0.15) is 30.9 Å². The summed E-state index contributed by atoms with van der Waals surface area (Å²) in [6.07, 6.45) is 9.40. The molecule has 0 atom stereocenters. The highest BCUT2D eigenvalue weighted by atomic mass is 16.4. The molecular weight excluding hydrogens is 304 g/mol. The molecule has 122 valence electrons. The van der Waals surface area contributed by atoms with Gasteiger partial charge in [0.25, 0.3) is 0 Å². The third kappa shape index (κ3) is 2.71. The molecule has 24 heavy (non-hydrogen) atoms. The maximum atomic E-state index is 11.1. The molecule has 0 spiro atoms. The van der Waals surface area contributed by atoms with Gasteiger partial charge in [-0.1, -0.05) is 18.2 Å². The summed E-state index contributed by atoms with van der Waals surface area (Å²) < 4.78 is 2.05. The smallest absolute Gasteiger partial charge is 0.352 e. The first-order chi connectivity index (χ1) is 11.7. The Balaban J connectivity index is 1.63. The lowest BCUT2D eigenvalue weighted by Crippen LogP contribution is -2.28. The lowest BCUT2D eigenvalue weighted by molar-refractivity contribution is -0.129. The molecule has 1 fully saturated rings. The van der Waals surface area contributed by atoms with Gasteiger partial charge >= 0.3 is 5.97 Å². The van der Waals surface area contributed by atoms with Crippen LogP contribution in [0.4, 0.5) is 0 Å². The normalized spacial score (nSPS) is 17.5. The van der Waals surface area contributed by atoms with E-state index in [4.69, 9.17) is 5.11 Å². The van der Waals surface area contributed by atoms with Gasteiger partial charge in [-0.25, -0.2) is 9.79 Å². The van der Waals surface area contributed by atoms with Gasteiger partial charge in [0.15, 0.2) is 0 Å². The number of nitrogens with one attached hydrogen (secondary N) is 1. The number of carboxylic acids is 1. The van der Waals surface area contributed by atoms with Crippen LogP contribution in [0.25, 0.3) is 16.8 Å². The average molecular weight is 322 g/mol. The fraction of sp³-hybridized carbons (Fsp3) is 0.278. The van der Waals surface area contributed by atoms with Crippen LogP contribution in [-0.4, -0.2) is 33.1 Å². The Hall–Kier alpha value is -2.89. The third-order valence-electron chi connectivity index (χ3n) is 4.55. The quantitative estimate of drug-likeness (QED) is 0.907. The summed E-state index contributed by atoms with van der Waals surface area (Å²) in [5.74, 6) is -0.994. The van der Waals surface area contributed by atoms with Crippen molar-refractivity contribution in [2.75, 3.05) is 6.54 Å². The average Bonchev–Trinajstić information content (AvgIpc) is 3.03. The number of hydrogen-bond donors (Lipinski definition) is 2. The molecule has 2 heterocycles. The minimum atomic E-state index is -0.994. The molecule has 0 radical (unpaired) electrons. The maximum Gasteiger partial charge on any atom is 0.352 e. The number of aliphatic carboxylic acids is 1. The van der Waals surface area contributed by atoms with Gasteiger partial charge in [-0.05, 0) is 30.9 Å². The first kappa shape index (κ1) is 14.7. The van der Waals surface area contributed by atoms with Gasteiger partial charge in [0.2, 0.25) is 0 Å². The minimum Gasteiger partial charge on any atom is -0.477 e. The number of hydrogen-bond acceptors (Lipinski definition) is 4. The molecule has 0 unspecified atom stereocenters. The van der Waals surface area contributed by atoms with E-state index in [0.29, 0.717) is 11.7 Å². The zero-order valence-corrected chi connectivity index (χ0v) is 13.1. The molecule has 1 aromatic carbocycles. The van der Waals surface area contributed by atoms with Crippen molar-refractivity contribution >= 4 is 17.4 Å². The van der Waals surface area contributed by atoms with Crippen molar-refractivity contribution in [3.63, 3.8) is 0 Å². The van der Waals surface area contributed by atoms with Crippen LogP contribution in [0.2, 0.25) is 0 Å². The molecule has 2 aliphatic rings. The Morgan fingerprint density at radius 3 is 2.83 bits per heavy atom. The van der Waals surface area contributed by atoms with Crippen LogP contribution < -0.4 is 5.32 Å². The fourth-order valence-electron chi connectivity index (χ4n) is 2.93. The topological polar surface area (TPSA) is 79.5 Å². The highest BCUT2D eigenvalue weighted by Crippen LogP contribution is 2.32. The van der Waals surface area contributed by atoms with Gasteiger partial charge in [-0.15, -0.1) is 0 Å². The first-order valence-corrected chi connectivity index (χ1v) is 8.10. The van der Waals surface area contributed by atoms with E-state index in [9.17, 15) is 4.79 Å². The summed E-state index contributed by atoms with van der Waals surface area (Å²) in [4.78, 5) is 15.3. The molecule has 1 aromatic heterocycles. The Kier molecular flexibility index (Phi) is 3.65. The predicted molar refractivity (Wildman–Crippen MR) is 91.6 cm³/mol. The molecule has 0 saturated heterocycles. The molecule has 0 bridgehead atoms. The van der Waals surface area contributed by atoms with E-state index in [-0.39, 0.29) is 12.3 Å². The van der Waals surface area contributed by atoms with Gasteiger partial charge in [0, 0.05) is 23.5 Å². The second-order valence-corrected chi connectivity index (χ2v) is 6.15. The van der Waals surface area contributed by atoms with Crippen molar-refractivity contribution in [2.45, 2.75) is 25.3 Å². The highest BCUT2D eigenvalue weighted by Gasteiger charge is 2.20. The molecule has 6 heteroatoms. The highest BCUT2D eigenvalue weighted by molar-refractivity contribution is 6.37. The molecular formula is C18H18N4O2. The van der Waals surface area contributed by atoms with Crippen molar-refractivity contribution < 1.29 is 9.90 Å². The predicted octanol–water partition coefficient (Wildman–Crippen LogP) is 2.70. The fourth-order valence-corrected chi connectivity index (χ4v) is 2.93. The summed E-state index contributed by atoms with van der Waals surface area (Å²) in [5, 5.41) is 16.6. The zero-order chi connectivity index (χ0) is 16.5. The van der Waals surface area contributed by atoms with Crippen molar-refractivity contribution in [1.29, 1.82) is 0 Å². The molecule has 1 saturated carbocycles. The van der Waals surface area contributed by atoms with E-state index in [1.165, 1.54) is 19.3 Å². The maximum absolute atomic E-state index is 11.1. The largest absolute Gasteiger partial charge is 0.477 e. The third-order valence-corrected chi connectivity index (χ3v) is 4.55. The van der Waals surface area contributed by atoms with Crippen LogP contribution in [0.5, 0.6) is 0 Å². The molecule has 2 aromatic rings. The van der Waals surface area contributed by atoms with Crippen molar-refractivity contribution in [3.05, 3.63) is 48.4 Å². The van der Waals surface area contributed by atoms with E-state index >= 15 is 0 Å². The lowest BCUT2D eigenvalue weighted by Gasteiger charge is -2.25. The molecule has 4 rings (SSSR count). The first-order valence-electron chi connectivity index (χ1n) is 8.10. The van der Waals surface area contributed by atoms with Crippen LogP contribution in [0.15, 0.2) is 47.9 Å².